The van der Waals surface area contributed by atoms with E-state index in [0.717, 1.165) is 32.5 Å². The van der Waals surface area contributed by atoms with Gasteiger partial charge in [-0.15, -0.1) is 0 Å². The van der Waals surface area contributed by atoms with E-state index in [2.05, 4.69) is 10.6 Å². The van der Waals surface area contributed by atoms with Crippen molar-refractivity contribution in [3.05, 3.63) is 0 Å². The molecule has 1 heterocycles. The molecule has 0 saturated carbocycles. The van der Waals surface area contributed by atoms with Crippen LogP contribution in [0.1, 0.15) is 40.0 Å². The fraction of sp³-hybridized carbons (Fsp3) is 0.846. The molecule has 0 aromatic rings. The number of amides is 2. The lowest BCUT2D eigenvalue weighted by molar-refractivity contribution is -0.130. The van der Waals surface area contributed by atoms with Crippen LogP contribution in [-0.2, 0) is 9.59 Å². The maximum absolute atomic E-state index is 11.8. The van der Waals surface area contributed by atoms with Crippen molar-refractivity contribution in [2.45, 2.75) is 52.1 Å². The van der Waals surface area contributed by atoms with Crippen molar-refractivity contribution in [3.63, 3.8) is 0 Å². The molecule has 2 N–H and O–H groups in total. The van der Waals surface area contributed by atoms with Gasteiger partial charge in [-0.1, -0.05) is 6.92 Å². The SMILES string of the molecule is CCNC(C)CC(=O)NC1CCN(C(C)=O)CC1. The first kappa shape index (κ1) is 15.0. The molecule has 1 unspecified atom stereocenters. The standard InChI is InChI=1S/C13H25N3O2/c1-4-14-10(2)9-13(18)15-12-5-7-16(8-6-12)11(3)17/h10,12,14H,4-9H2,1-3H3,(H,15,18). The summed E-state index contributed by atoms with van der Waals surface area (Å²) in [4.78, 5) is 24.8. The molecule has 0 aliphatic carbocycles. The highest BCUT2D eigenvalue weighted by molar-refractivity contribution is 5.77. The minimum Gasteiger partial charge on any atom is -0.353 e. The molecule has 1 saturated heterocycles. The lowest BCUT2D eigenvalue weighted by Crippen LogP contribution is -2.46. The van der Waals surface area contributed by atoms with E-state index in [9.17, 15) is 9.59 Å². The quantitative estimate of drug-likeness (QED) is 0.752. The Kier molecular flexibility index (Phi) is 6.12. The first-order valence-electron chi connectivity index (χ1n) is 6.81. The van der Waals surface area contributed by atoms with E-state index < -0.39 is 0 Å². The van der Waals surface area contributed by atoms with E-state index in [1.54, 1.807) is 6.92 Å². The molecule has 104 valence electrons. The molecule has 0 radical (unpaired) electrons. The summed E-state index contributed by atoms with van der Waals surface area (Å²) in [6.07, 6.45) is 2.24. The number of likely N-dealkylation sites (tertiary alicyclic amines) is 1. The molecular formula is C13H25N3O2. The van der Waals surface area contributed by atoms with Crippen LogP contribution in [0.25, 0.3) is 0 Å². The van der Waals surface area contributed by atoms with Crippen LogP contribution in [0.2, 0.25) is 0 Å². The van der Waals surface area contributed by atoms with Crippen molar-refractivity contribution in [2.24, 2.45) is 0 Å². The van der Waals surface area contributed by atoms with Gasteiger partial charge in [-0.3, -0.25) is 9.59 Å². The van der Waals surface area contributed by atoms with Gasteiger partial charge in [0.2, 0.25) is 11.8 Å². The summed E-state index contributed by atoms with van der Waals surface area (Å²) in [5.41, 5.74) is 0. The second-order valence-electron chi connectivity index (χ2n) is 5.01. The van der Waals surface area contributed by atoms with Crippen LogP contribution in [0.3, 0.4) is 0 Å². The van der Waals surface area contributed by atoms with Crippen molar-refractivity contribution in [1.29, 1.82) is 0 Å². The highest BCUT2D eigenvalue weighted by Gasteiger charge is 2.22. The molecule has 1 aliphatic rings. The summed E-state index contributed by atoms with van der Waals surface area (Å²) in [7, 11) is 0. The Morgan fingerprint density at radius 3 is 2.44 bits per heavy atom. The molecule has 1 rings (SSSR count). The Morgan fingerprint density at radius 1 is 1.33 bits per heavy atom. The van der Waals surface area contributed by atoms with Gasteiger partial charge in [0.1, 0.15) is 0 Å². The van der Waals surface area contributed by atoms with Gasteiger partial charge in [-0.25, -0.2) is 0 Å². The van der Waals surface area contributed by atoms with Gasteiger partial charge < -0.3 is 15.5 Å². The molecule has 5 heteroatoms. The van der Waals surface area contributed by atoms with Crippen molar-refractivity contribution < 1.29 is 9.59 Å². The topological polar surface area (TPSA) is 61.4 Å². The average molecular weight is 255 g/mol. The monoisotopic (exact) mass is 255 g/mol. The van der Waals surface area contributed by atoms with Gasteiger partial charge in [0.15, 0.2) is 0 Å². The third-order valence-corrected chi connectivity index (χ3v) is 3.35. The fourth-order valence-electron chi connectivity index (χ4n) is 2.32. The summed E-state index contributed by atoms with van der Waals surface area (Å²) in [5, 5.41) is 6.27. The Labute approximate surface area is 109 Å². The predicted octanol–water partition coefficient (Wildman–Crippen LogP) is 0.502. The minimum atomic E-state index is 0.102. The fourth-order valence-corrected chi connectivity index (χ4v) is 2.32. The lowest BCUT2D eigenvalue weighted by Gasteiger charge is -2.31. The van der Waals surface area contributed by atoms with E-state index in [-0.39, 0.29) is 23.9 Å². The van der Waals surface area contributed by atoms with Crippen LogP contribution < -0.4 is 10.6 Å². The molecule has 2 amide bonds. The van der Waals surface area contributed by atoms with E-state index in [4.69, 9.17) is 0 Å². The number of nitrogens with zero attached hydrogens (tertiary/aromatic N) is 1. The maximum Gasteiger partial charge on any atom is 0.221 e. The predicted molar refractivity (Wildman–Crippen MR) is 71.2 cm³/mol. The van der Waals surface area contributed by atoms with Crippen molar-refractivity contribution in [3.8, 4) is 0 Å². The zero-order valence-corrected chi connectivity index (χ0v) is 11.7. The number of carbonyl (C=O) groups is 2. The van der Waals surface area contributed by atoms with Gasteiger partial charge in [-0.2, -0.15) is 0 Å². The molecule has 0 bridgehead atoms. The molecule has 18 heavy (non-hydrogen) atoms. The highest BCUT2D eigenvalue weighted by atomic mass is 16.2. The van der Waals surface area contributed by atoms with Crippen molar-refractivity contribution in [2.75, 3.05) is 19.6 Å². The van der Waals surface area contributed by atoms with E-state index in [1.807, 2.05) is 18.7 Å². The van der Waals surface area contributed by atoms with E-state index in [1.165, 1.54) is 0 Å². The molecule has 1 fully saturated rings. The van der Waals surface area contributed by atoms with Crippen molar-refractivity contribution in [1.82, 2.24) is 15.5 Å². The number of piperidine rings is 1. The number of carbonyl (C=O) groups excluding carboxylic acids is 2. The van der Waals surface area contributed by atoms with Crippen molar-refractivity contribution >= 4 is 11.8 Å². The van der Waals surface area contributed by atoms with Crippen LogP contribution in [-0.4, -0.2) is 48.4 Å². The smallest absolute Gasteiger partial charge is 0.221 e. The zero-order valence-electron chi connectivity index (χ0n) is 11.7. The largest absolute Gasteiger partial charge is 0.353 e. The minimum absolute atomic E-state index is 0.102. The average Bonchev–Trinajstić information content (AvgIpc) is 2.29. The first-order chi connectivity index (χ1) is 8.52. The Morgan fingerprint density at radius 2 is 1.94 bits per heavy atom. The third-order valence-electron chi connectivity index (χ3n) is 3.35. The van der Waals surface area contributed by atoms with Crippen LogP contribution in [0.5, 0.6) is 0 Å². The van der Waals surface area contributed by atoms with Gasteiger partial charge in [0.05, 0.1) is 0 Å². The van der Waals surface area contributed by atoms with Gasteiger partial charge in [0.25, 0.3) is 0 Å². The number of rotatable bonds is 5. The lowest BCUT2D eigenvalue weighted by atomic mass is 10.0. The van der Waals surface area contributed by atoms with Crippen LogP contribution in [0, 0.1) is 0 Å². The molecule has 0 spiro atoms. The summed E-state index contributed by atoms with van der Waals surface area (Å²) >= 11 is 0. The first-order valence-corrected chi connectivity index (χ1v) is 6.81. The molecule has 0 aromatic heterocycles. The van der Waals surface area contributed by atoms with E-state index >= 15 is 0 Å². The molecular weight excluding hydrogens is 230 g/mol. The van der Waals surface area contributed by atoms with Gasteiger partial charge >= 0.3 is 0 Å². The summed E-state index contributed by atoms with van der Waals surface area (Å²) in [6, 6.07) is 0.439. The molecule has 1 aliphatic heterocycles. The van der Waals surface area contributed by atoms with Crippen LogP contribution >= 0.6 is 0 Å². The molecule has 5 nitrogen and oxygen atoms in total. The highest BCUT2D eigenvalue weighted by Crippen LogP contribution is 2.10. The Hall–Kier alpha value is -1.10. The van der Waals surface area contributed by atoms with Crippen LogP contribution in [0.15, 0.2) is 0 Å². The molecule has 1 atom stereocenters. The van der Waals surface area contributed by atoms with E-state index in [0.29, 0.717) is 6.42 Å². The Bertz CT molecular complexity index is 286. The Balaban J connectivity index is 2.24. The maximum atomic E-state index is 11.8. The summed E-state index contributed by atoms with van der Waals surface area (Å²) in [6.45, 7) is 8.03. The number of nitrogens with one attached hydrogen (secondary N) is 2. The zero-order chi connectivity index (χ0) is 13.5. The second kappa shape index (κ2) is 7.36. The summed E-state index contributed by atoms with van der Waals surface area (Å²) in [5.74, 6) is 0.227. The molecule has 0 aromatic carbocycles. The second-order valence-corrected chi connectivity index (χ2v) is 5.01. The number of hydrogen-bond donors (Lipinski definition) is 2. The van der Waals surface area contributed by atoms with Gasteiger partial charge in [-0.05, 0) is 26.3 Å². The third kappa shape index (κ3) is 5.04. The summed E-state index contributed by atoms with van der Waals surface area (Å²) < 4.78 is 0. The van der Waals surface area contributed by atoms with Gasteiger partial charge in [0, 0.05) is 38.5 Å². The number of hydrogen-bond acceptors (Lipinski definition) is 3. The normalized spacial score (nSPS) is 18.5. The van der Waals surface area contributed by atoms with Crippen LogP contribution in [0.4, 0.5) is 0 Å².